The fourth-order valence-electron chi connectivity index (χ4n) is 10.3. The summed E-state index contributed by atoms with van der Waals surface area (Å²) in [7, 11) is -26.5. The van der Waals surface area contributed by atoms with Crippen LogP contribution in [0.2, 0.25) is 10.1 Å². The summed E-state index contributed by atoms with van der Waals surface area (Å²) in [4.78, 5) is 0. The molecule has 4 aromatic carbocycles. The van der Waals surface area contributed by atoms with Crippen LogP contribution in [0, 0.1) is 0 Å². The first-order valence-electron chi connectivity index (χ1n) is 24.9. The normalized spacial score (nSPS) is 22.4. The standard InChI is InChI=1S/C50H68N6O2SSi2.2F6P/c1-49(2,3)60(43-19-11-7-12-20-43,44-21-13-8-14-22-44)57-35-39-27-31-55-33-29-41(53-47(55)51-39)37-59-38-42-30-34-56-32-28-40(52-48(56)54-42)36-58-61(50(4,5)6,45-23-15-9-16-24-45)46-25-17-10-18-26-46;2*1-7(2,3,4,5)6/h7-26,39-42H,27-38H2,1-6H3,(H2,51,52,53,54);;/q;2*-1/p+2/t39-,40-,41-,42-;;/m1../s1. The van der Waals surface area contributed by atoms with Crippen molar-refractivity contribution in [3.05, 3.63) is 121 Å². The van der Waals surface area contributed by atoms with Crippen molar-refractivity contribution >= 4 is 76.7 Å². The van der Waals surface area contributed by atoms with E-state index in [0.29, 0.717) is 25.3 Å². The van der Waals surface area contributed by atoms with Crippen LogP contribution in [0.25, 0.3) is 0 Å². The van der Waals surface area contributed by atoms with E-state index in [4.69, 9.17) is 8.85 Å². The molecule has 0 bridgehead atoms. The van der Waals surface area contributed by atoms with Crippen LogP contribution in [0.3, 0.4) is 0 Å². The number of nitrogens with one attached hydrogen (secondary N) is 4. The Morgan fingerprint density at radius 3 is 0.893 bits per heavy atom. The molecule has 4 aliphatic rings. The number of hydrogen-bond acceptors (Lipinski definition) is 7. The number of nitrogens with zero attached hydrogens (tertiary/aromatic N) is 2. The molecule has 75 heavy (non-hydrogen) atoms. The number of halogens is 12. The molecule has 0 amide bonds. The van der Waals surface area contributed by atoms with E-state index in [2.05, 4.69) is 205 Å². The number of benzene rings is 4. The molecule has 0 spiro atoms. The molecule has 4 heterocycles. The Kier molecular flexibility index (Phi) is 17.2. The van der Waals surface area contributed by atoms with Gasteiger partial charge in [0.1, 0.15) is 0 Å². The van der Waals surface area contributed by atoms with Crippen molar-refractivity contribution in [1.82, 2.24) is 21.3 Å². The van der Waals surface area contributed by atoms with Gasteiger partial charge >= 0.3 is 77.9 Å². The number of rotatable bonds is 14. The monoisotopic (exact) mass is 1160 g/mol. The van der Waals surface area contributed by atoms with Crippen molar-refractivity contribution in [2.45, 2.75) is 101 Å². The van der Waals surface area contributed by atoms with Gasteiger partial charge in [-0.3, -0.25) is 30.4 Å². The molecule has 0 aliphatic carbocycles. The van der Waals surface area contributed by atoms with Crippen LogP contribution >= 0.6 is 27.4 Å². The van der Waals surface area contributed by atoms with Gasteiger partial charge in [0.15, 0.2) is 0 Å². The van der Waals surface area contributed by atoms with Gasteiger partial charge in [-0.15, -0.1) is 0 Å². The van der Waals surface area contributed by atoms with Gasteiger partial charge in [0.25, 0.3) is 16.6 Å². The van der Waals surface area contributed by atoms with E-state index in [0.717, 1.165) is 50.5 Å². The zero-order valence-corrected chi connectivity index (χ0v) is 47.5. The Bertz CT molecular complexity index is 2320. The Hall–Kier alpha value is -3.86. The average molecular weight is 1170 g/mol. The molecule has 8 rings (SSSR count). The van der Waals surface area contributed by atoms with Crippen molar-refractivity contribution in [2.24, 2.45) is 0 Å². The third kappa shape index (κ3) is 18.7. The minimum atomic E-state index is -10.7. The molecule has 4 aromatic rings. The molecular weight excluding hydrogens is 1090 g/mol. The van der Waals surface area contributed by atoms with Crippen LogP contribution < -0.4 is 42.0 Å². The SMILES string of the molecule is CC(C)(C)[Si](OC[C@H]1CC[N+]2=C(N1)N[C@@H](CSC[C@H]1CC[N+]3=C(N[C@@H](CO[Si](c4ccccc4)(c4ccccc4)C(C)(C)C)CC3)N1)CC2)(c1ccccc1)c1ccccc1.F[P-](F)(F)(F)(F)F.F[P-](F)(F)(F)(F)F. The quantitative estimate of drug-likeness (QED) is 0.0434. The van der Waals surface area contributed by atoms with Gasteiger partial charge in [-0.25, -0.2) is 0 Å². The zero-order valence-electron chi connectivity index (χ0n) is 42.9. The van der Waals surface area contributed by atoms with E-state index in [-0.39, 0.29) is 22.2 Å². The van der Waals surface area contributed by atoms with Crippen LogP contribution in [0.15, 0.2) is 121 Å². The summed E-state index contributed by atoms with van der Waals surface area (Å²) in [5.41, 5.74) is 0. The Labute approximate surface area is 438 Å². The Morgan fingerprint density at radius 2 is 0.653 bits per heavy atom. The van der Waals surface area contributed by atoms with E-state index in [1.807, 2.05) is 0 Å². The van der Waals surface area contributed by atoms with Crippen molar-refractivity contribution in [3.8, 4) is 0 Å². The summed E-state index contributed by atoms with van der Waals surface area (Å²) >= 11 is 2.09. The Morgan fingerprint density at radius 1 is 0.427 bits per heavy atom. The Balaban J connectivity index is 0.000000575. The number of thioether (sulfide) groups is 1. The van der Waals surface area contributed by atoms with Gasteiger partial charge < -0.3 is 8.85 Å². The summed E-state index contributed by atoms with van der Waals surface area (Å²) in [6.45, 7) is 19.9. The molecule has 0 fully saturated rings. The number of hydrogen-bond donors (Lipinski definition) is 4. The molecule has 0 saturated carbocycles. The summed E-state index contributed by atoms with van der Waals surface area (Å²) in [5, 5.41) is 21.0. The molecule has 25 heteroatoms. The second-order valence-corrected chi connectivity index (χ2v) is 35.1. The van der Waals surface area contributed by atoms with E-state index in [1.54, 1.807) is 0 Å². The molecule has 4 N–H and O–H groups in total. The van der Waals surface area contributed by atoms with Gasteiger partial charge in [0.05, 0.1) is 63.6 Å². The van der Waals surface area contributed by atoms with E-state index < -0.39 is 32.3 Å². The van der Waals surface area contributed by atoms with Gasteiger partial charge in [-0.1, -0.05) is 163 Å². The predicted octanol–water partition coefficient (Wildman–Crippen LogP) is 11.8. The van der Waals surface area contributed by atoms with Crippen LogP contribution in [-0.4, -0.2) is 113 Å². The fourth-order valence-corrected chi connectivity index (χ4v) is 20.7. The maximum atomic E-state index is 9.87. The molecule has 0 radical (unpaired) electrons. The molecule has 0 unspecified atom stereocenters. The summed E-state index contributed by atoms with van der Waals surface area (Å²) in [6, 6.07) is 45.5. The van der Waals surface area contributed by atoms with Crippen molar-refractivity contribution in [2.75, 3.05) is 50.9 Å². The van der Waals surface area contributed by atoms with Gasteiger partial charge in [-0.2, -0.15) is 11.8 Å². The molecule has 0 saturated heterocycles. The molecule has 4 atom stereocenters. The second kappa shape index (κ2) is 21.4. The fraction of sp³-hybridized carbons (Fsp3) is 0.480. The van der Waals surface area contributed by atoms with E-state index >= 15 is 0 Å². The minimum absolute atomic E-state index is 0.0340. The van der Waals surface area contributed by atoms with Crippen molar-refractivity contribution in [1.29, 1.82) is 0 Å². The third-order valence-electron chi connectivity index (χ3n) is 13.5. The zero-order chi connectivity index (χ0) is 55.3. The maximum absolute atomic E-state index is 10.7. The van der Waals surface area contributed by atoms with Gasteiger partial charge in [0, 0.05) is 37.2 Å². The van der Waals surface area contributed by atoms with Crippen LogP contribution in [0.5, 0.6) is 0 Å². The van der Waals surface area contributed by atoms with E-state index in [1.165, 1.54) is 45.5 Å². The molecule has 8 nitrogen and oxygen atoms in total. The predicted molar refractivity (Wildman–Crippen MR) is 288 cm³/mol. The molecule has 420 valence electrons. The van der Waals surface area contributed by atoms with Gasteiger partial charge in [-0.05, 0) is 30.8 Å². The van der Waals surface area contributed by atoms with Crippen LogP contribution in [0.1, 0.15) is 67.2 Å². The summed E-state index contributed by atoms with van der Waals surface area (Å²) in [5.74, 6) is 4.58. The van der Waals surface area contributed by atoms with Crippen LogP contribution in [-0.2, 0) is 8.85 Å². The first kappa shape index (κ1) is 60.4. The average Bonchev–Trinajstić information content (AvgIpc) is 3.30. The summed E-state index contributed by atoms with van der Waals surface area (Å²) in [6.07, 6.45) is 4.48. The van der Waals surface area contributed by atoms with Gasteiger partial charge in [0.2, 0.25) is 0 Å². The summed E-state index contributed by atoms with van der Waals surface area (Å²) < 4.78 is 138. The molecule has 0 aromatic heterocycles. The topological polar surface area (TPSA) is 72.6 Å². The first-order chi connectivity index (χ1) is 34.4. The number of guanidine groups is 2. The van der Waals surface area contributed by atoms with E-state index in [9.17, 15) is 50.4 Å². The van der Waals surface area contributed by atoms with Crippen LogP contribution in [0.4, 0.5) is 50.4 Å². The first-order valence-corrected chi connectivity index (χ1v) is 33.9. The van der Waals surface area contributed by atoms with Crippen molar-refractivity contribution in [3.63, 3.8) is 0 Å². The third-order valence-corrected chi connectivity index (χ3v) is 24.7. The molecule has 4 aliphatic heterocycles. The second-order valence-electron chi connectivity index (χ2n) is 21.6. The van der Waals surface area contributed by atoms with Crippen molar-refractivity contribution < 1.29 is 68.4 Å². The molecular formula is C50H70F12N6O2P2SSi2.